The van der Waals surface area contributed by atoms with Crippen molar-refractivity contribution < 1.29 is 9.53 Å². The third-order valence-corrected chi connectivity index (χ3v) is 2.53. The van der Waals surface area contributed by atoms with Gasteiger partial charge in [0.25, 0.3) is 0 Å². The molecule has 0 radical (unpaired) electrons. The molecule has 0 saturated heterocycles. The fourth-order valence-electron chi connectivity index (χ4n) is 1.66. The average molecular weight is 241 g/mol. The van der Waals surface area contributed by atoms with Gasteiger partial charge in [-0.1, -0.05) is 6.07 Å². The van der Waals surface area contributed by atoms with Crippen LogP contribution in [0.3, 0.4) is 0 Å². The van der Waals surface area contributed by atoms with Crippen molar-refractivity contribution in [2.45, 2.75) is 6.54 Å². The zero-order chi connectivity index (χ0) is 13.0. The first kappa shape index (κ1) is 11.9. The molecule has 90 valence electrons. The molecule has 0 N–H and O–H groups in total. The minimum Gasteiger partial charge on any atom is -0.495 e. The lowest BCUT2D eigenvalue weighted by Crippen LogP contribution is -1.98. The molecule has 0 spiro atoms. The fraction of sp³-hybridized carbons (Fsp3) is 0.154. The van der Waals surface area contributed by atoms with Crippen LogP contribution in [0.25, 0.3) is 0 Å². The molecule has 1 heterocycles. The fourth-order valence-corrected chi connectivity index (χ4v) is 1.66. The van der Waals surface area contributed by atoms with E-state index in [1.54, 1.807) is 29.2 Å². The normalized spacial score (nSPS) is 9.78. The Labute approximate surface area is 104 Å². The van der Waals surface area contributed by atoms with Gasteiger partial charge in [-0.25, -0.2) is 4.98 Å². The number of nitrogens with zero attached hydrogens (tertiary/aromatic N) is 3. The molecule has 0 atom stereocenters. The minimum atomic E-state index is 0.399. The first-order chi connectivity index (χ1) is 8.76. The summed E-state index contributed by atoms with van der Waals surface area (Å²) in [5, 5.41) is 8.88. The van der Waals surface area contributed by atoms with Crippen molar-refractivity contribution in [2.24, 2.45) is 0 Å². The minimum absolute atomic E-state index is 0.399. The molecule has 2 aromatic rings. The Hall–Kier alpha value is -2.61. The van der Waals surface area contributed by atoms with Crippen LogP contribution in [0.5, 0.6) is 5.75 Å². The monoisotopic (exact) mass is 241 g/mol. The number of aromatic nitrogens is 2. The molecule has 2 rings (SSSR count). The summed E-state index contributed by atoms with van der Waals surface area (Å²) in [7, 11) is 1.53. The zero-order valence-corrected chi connectivity index (χ0v) is 9.83. The van der Waals surface area contributed by atoms with Gasteiger partial charge in [0, 0.05) is 12.7 Å². The van der Waals surface area contributed by atoms with Crippen molar-refractivity contribution in [3.63, 3.8) is 0 Å². The van der Waals surface area contributed by atoms with E-state index >= 15 is 0 Å². The van der Waals surface area contributed by atoms with E-state index in [1.165, 1.54) is 7.11 Å². The van der Waals surface area contributed by atoms with Gasteiger partial charge in [-0.2, -0.15) is 5.26 Å². The molecule has 5 nitrogen and oxygen atoms in total. The number of carbonyl (C=O) groups excluding carboxylic acids is 1. The van der Waals surface area contributed by atoms with Crippen molar-refractivity contribution in [3.8, 4) is 11.8 Å². The first-order valence-corrected chi connectivity index (χ1v) is 5.31. The highest BCUT2D eigenvalue weighted by Crippen LogP contribution is 2.19. The van der Waals surface area contributed by atoms with Crippen molar-refractivity contribution in [2.75, 3.05) is 7.11 Å². The van der Waals surface area contributed by atoms with Gasteiger partial charge < -0.3 is 9.30 Å². The quantitative estimate of drug-likeness (QED) is 0.763. The first-order valence-electron chi connectivity index (χ1n) is 5.31. The van der Waals surface area contributed by atoms with Crippen LogP contribution in [0, 0.1) is 11.3 Å². The molecule has 0 saturated carbocycles. The SMILES string of the molecule is COc1cc(Cn2cnc(C=O)c2)ccc1C#N. The van der Waals surface area contributed by atoms with E-state index in [0.29, 0.717) is 29.8 Å². The Balaban J connectivity index is 2.24. The predicted octanol–water partition coefficient (Wildman–Crippen LogP) is 1.62. The highest BCUT2D eigenvalue weighted by Gasteiger charge is 2.04. The third kappa shape index (κ3) is 2.38. The van der Waals surface area contributed by atoms with E-state index in [-0.39, 0.29) is 0 Å². The zero-order valence-electron chi connectivity index (χ0n) is 9.83. The van der Waals surface area contributed by atoms with Gasteiger partial charge in [0.1, 0.15) is 17.5 Å². The Morgan fingerprint density at radius 3 is 3.00 bits per heavy atom. The Kier molecular flexibility index (Phi) is 3.39. The summed E-state index contributed by atoms with van der Waals surface area (Å²) in [5.74, 6) is 0.547. The molecule has 0 bridgehead atoms. The number of benzene rings is 1. The van der Waals surface area contributed by atoms with Crippen molar-refractivity contribution in [1.29, 1.82) is 5.26 Å². The van der Waals surface area contributed by atoms with Gasteiger partial charge in [-0.15, -0.1) is 0 Å². The van der Waals surface area contributed by atoms with Gasteiger partial charge >= 0.3 is 0 Å². The van der Waals surface area contributed by atoms with Gasteiger partial charge in [0.2, 0.25) is 0 Å². The molecule has 0 aliphatic heterocycles. The lowest BCUT2D eigenvalue weighted by Gasteiger charge is -2.06. The number of rotatable bonds is 4. The summed E-state index contributed by atoms with van der Waals surface area (Å²) in [5.41, 5.74) is 1.87. The predicted molar refractivity (Wildman–Crippen MR) is 64.4 cm³/mol. The second-order valence-electron chi connectivity index (χ2n) is 3.74. The second kappa shape index (κ2) is 5.15. The van der Waals surface area contributed by atoms with E-state index in [2.05, 4.69) is 11.1 Å². The van der Waals surface area contributed by atoms with Gasteiger partial charge in [-0.05, 0) is 17.7 Å². The van der Waals surface area contributed by atoms with Crippen LogP contribution in [-0.2, 0) is 6.54 Å². The molecule has 1 aromatic heterocycles. The molecule has 0 fully saturated rings. The maximum Gasteiger partial charge on any atom is 0.169 e. The van der Waals surface area contributed by atoms with Crippen LogP contribution in [0.2, 0.25) is 0 Å². The van der Waals surface area contributed by atoms with E-state index < -0.39 is 0 Å². The van der Waals surface area contributed by atoms with Crippen molar-refractivity contribution >= 4 is 6.29 Å². The molecule has 18 heavy (non-hydrogen) atoms. The highest BCUT2D eigenvalue weighted by atomic mass is 16.5. The van der Waals surface area contributed by atoms with Crippen LogP contribution in [0.15, 0.2) is 30.7 Å². The number of methoxy groups -OCH3 is 1. The van der Waals surface area contributed by atoms with Crippen LogP contribution in [0.4, 0.5) is 0 Å². The molecule has 0 unspecified atom stereocenters. The standard InChI is InChI=1S/C13H11N3O2/c1-18-13-4-10(2-3-11(13)5-14)6-16-7-12(8-17)15-9-16/h2-4,7-9H,6H2,1H3. The van der Waals surface area contributed by atoms with Crippen LogP contribution >= 0.6 is 0 Å². The molecule has 0 amide bonds. The highest BCUT2D eigenvalue weighted by molar-refractivity contribution is 5.70. The van der Waals surface area contributed by atoms with E-state index in [0.717, 1.165) is 5.56 Å². The lowest BCUT2D eigenvalue weighted by atomic mass is 10.1. The number of ether oxygens (including phenoxy) is 1. The topological polar surface area (TPSA) is 67.9 Å². The maximum atomic E-state index is 10.5. The lowest BCUT2D eigenvalue weighted by molar-refractivity contribution is 0.111. The summed E-state index contributed by atoms with van der Waals surface area (Å²) in [6.45, 7) is 0.572. The molecule has 5 heteroatoms. The van der Waals surface area contributed by atoms with Gasteiger partial charge in [-0.3, -0.25) is 4.79 Å². The molecular weight excluding hydrogens is 230 g/mol. The van der Waals surface area contributed by atoms with Gasteiger partial charge in [0.05, 0.1) is 19.0 Å². The largest absolute Gasteiger partial charge is 0.495 e. The molecular formula is C13H11N3O2. The summed E-state index contributed by atoms with van der Waals surface area (Å²) < 4.78 is 6.93. The summed E-state index contributed by atoms with van der Waals surface area (Å²) in [6, 6.07) is 7.43. The Morgan fingerprint density at radius 1 is 1.56 bits per heavy atom. The van der Waals surface area contributed by atoms with Crippen LogP contribution < -0.4 is 4.74 Å². The maximum absolute atomic E-state index is 10.5. The summed E-state index contributed by atoms with van der Waals surface area (Å²) >= 11 is 0. The number of hydrogen-bond donors (Lipinski definition) is 0. The van der Waals surface area contributed by atoms with E-state index in [1.807, 2.05) is 6.07 Å². The average Bonchev–Trinajstić information content (AvgIpc) is 2.86. The summed E-state index contributed by atoms with van der Waals surface area (Å²) in [6.07, 6.45) is 3.96. The van der Waals surface area contributed by atoms with Crippen molar-refractivity contribution in [1.82, 2.24) is 9.55 Å². The molecule has 1 aromatic carbocycles. The Bertz CT molecular complexity index is 611. The number of hydrogen-bond acceptors (Lipinski definition) is 4. The van der Waals surface area contributed by atoms with Crippen LogP contribution in [-0.4, -0.2) is 22.9 Å². The second-order valence-corrected chi connectivity index (χ2v) is 3.74. The number of aldehydes is 1. The Morgan fingerprint density at radius 2 is 2.39 bits per heavy atom. The number of imidazole rings is 1. The number of nitriles is 1. The van der Waals surface area contributed by atoms with Gasteiger partial charge in [0.15, 0.2) is 6.29 Å². The van der Waals surface area contributed by atoms with Crippen LogP contribution in [0.1, 0.15) is 21.6 Å². The van der Waals surface area contributed by atoms with E-state index in [4.69, 9.17) is 10.00 Å². The third-order valence-electron chi connectivity index (χ3n) is 2.53. The number of carbonyl (C=O) groups is 1. The molecule has 0 aliphatic rings. The summed E-state index contributed by atoms with van der Waals surface area (Å²) in [4.78, 5) is 14.4. The molecule has 0 aliphatic carbocycles. The van der Waals surface area contributed by atoms with E-state index in [9.17, 15) is 4.79 Å². The van der Waals surface area contributed by atoms with Crippen molar-refractivity contribution in [3.05, 3.63) is 47.5 Å². The smallest absolute Gasteiger partial charge is 0.169 e.